The van der Waals surface area contributed by atoms with Crippen molar-refractivity contribution in [1.82, 2.24) is 0 Å². The zero-order valence-corrected chi connectivity index (χ0v) is 13.7. The minimum atomic E-state index is -0.657. The number of ether oxygens (including phenoxy) is 1. The van der Waals surface area contributed by atoms with Crippen LogP contribution in [0.2, 0.25) is 5.02 Å². The molecule has 3 aromatic rings. The Morgan fingerprint density at radius 1 is 1.00 bits per heavy atom. The third kappa shape index (κ3) is 4.14. The molecule has 0 fully saturated rings. The van der Waals surface area contributed by atoms with Crippen molar-refractivity contribution in [2.75, 3.05) is 11.9 Å². The molecule has 0 unspecified atom stereocenters. The van der Waals surface area contributed by atoms with Crippen LogP contribution < -0.4 is 5.32 Å². The summed E-state index contributed by atoms with van der Waals surface area (Å²) < 4.78 is 18.5. The van der Waals surface area contributed by atoms with Crippen molar-refractivity contribution in [3.63, 3.8) is 0 Å². The second-order valence-corrected chi connectivity index (χ2v) is 5.75. The third-order valence-electron chi connectivity index (χ3n) is 3.52. The van der Waals surface area contributed by atoms with Crippen LogP contribution in [-0.4, -0.2) is 18.5 Å². The van der Waals surface area contributed by atoms with Gasteiger partial charge in [-0.3, -0.25) is 4.79 Å². The Bertz CT molecular complexity index is 958. The van der Waals surface area contributed by atoms with E-state index in [0.29, 0.717) is 5.56 Å². The molecule has 3 aromatic carbocycles. The number of hydrogen-bond donors (Lipinski definition) is 1. The third-order valence-corrected chi connectivity index (χ3v) is 3.76. The number of fused-ring (bicyclic) bond motifs is 1. The summed E-state index contributed by atoms with van der Waals surface area (Å²) in [5, 5.41) is 4.48. The van der Waals surface area contributed by atoms with Gasteiger partial charge in [0.15, 0.2) is 6.61 Å². The Hall–Kier alpha value is -2.92. The highest BCUT2D eigenvalue weighted by atomic mass is 35.5. The lowest BCUT2D eigenvalue weighted by atomic mass is 10.1. The maximum absolute atomic E-state index is 13.6. The Kier molecular flexibility index (Phi) is 4.95. The van der Waals surface area contributed by atoms with Gasteiger partial charge < -0.3 is 10.1 Å². The predicted octanol–water partition coefficient (Wildman–Crippen LogP) is 4.43. The molecule has 0 aromatic heterocycles. The molecule has 0 aliphatic rings. The molecule has 0 heterocycles. The van der Waals surface area contributed by atoms with Crippen molar-refractivity contribution < 1.29 is 18.7 Å². The molecule has 0 atom stereocenters. The molecule has 126 valence electrons. The Balaban J connectivity index is 1.62. The number of amides is 1. The fourth-order valence-electron chi connectivity index (χ4n) is 2.31. The van der Waals surface area contributed by atoms with E-state index in [-0.39, 0.29) is 10.7 Å². The summed E-state index contributed by atoms with van der Waals surface area (Å²) in [7, 11) is 0. The Morgan fingerprint density at radius 2 is 1.76 bits per heavy atom. The van der Waals surface area contributed by atoms with Gasteiger partial charge in [-0.25, -0.2) is 9.18 Å². The van der Waals surface area contributed by atoms with Crippen LogP contribution in [0.5, 0.6) is 0 Å². The van der Waals surface area contributed by atoms with E-state index in [2.05, 4.69) is 5.32 Å². The molecule has 6 heteroatoms. The van der Waals surface area contributed by atoms with Gasteiger partial charge >= 0.3 is 5.97 Å². The van der Waals surface area contributed by atoms with E-state index >= 15 is 0 Å². The maximum Gasteiger partial charge on any atom is 0.338 e. The first-order valence-corrected chi connectivity index (χ1v) is 7.81. The molecule has 25 heavy (non-hydrogen) atoms. The van der Waals surface area contributed by atoms with Gasteiger partial charge in [0.05, 0.1) is 11.3 Å². The summed E-state index contributed by atoms with van der Waals surface area (Å²) in [6.07, 6.45) is 0. The number of carbonyl (C=O) groups is 2. The number of carbonyl (C=O) groups excluding carboxylic acids is 2. The van der Waals surface area contributed by atoms with Gasteiger partial charge in [-0.15, -0.1) is 0 Å². The number of benzene rings is 3. The van der Waals surface area contributed by atoms with Gasteiger partial charge in [0.1, 0.15) is 5.82 Å². The highest BCUT2D eigenvalue weighted by Crippen LogP contribution is 2.19. The van der Waals surface area contributed by atoms with Crippen LogP contribution in [0.25, 0.3) is 10.8 Å². The SMILES string of the molecule is O=C(COC(=O)c1ccc2ccccc2c1)Nc1cc(Cl)ccc1F. The van der Waals surface area contributed by atoms with Crippen LogP contribution in [-0.2, 0) is 9.53 Å². The highest BCUT2D eigenvalue weighted by Gasteiger charge is 2.12. The average molecular weight is 358 g/mol. The molecule has 0 bridgehead atoms. The number of hydrogen-bond acceptors (Lipinski definition) is 3. The Morgan fingerprint density at radius 3 is 2.56 bits per heavy atom. The minimum absolute atomic E-state index is 0.0701. The number of esters is 1. The predicted molar refractivity (Wildman–Crippen MR) is 94.3 cm³/mol. The van der Waals surface area contributed by atoms with Crippen LogP contribution in [0.15, 0.2) is 60.7 Å². The van der Waals surface area contributed by atoms with E-state index in [4.69, 9.17) is 16.3 Å². The lowest BCUT2D eigenvalue weighted by Gasteiger charge is -2.08. The smallest absolute Gasteiger partial charge is 0.338 e. The summed E-state index contributed by atoms with van der Waals surface area (Å²) >= 11 is 5.75. The van der Waals surface area contributed by atoms with Gasteiger partial charge in [0.2, 0.25) is 0 Å². The molecule has 3 rings (SSSR count). The van der Waals surface area contributed by atoms with Crippen molar-refractivity contribution in [1.29, 1.82) is 0 Å². The summed E-state index contributed by atoms with van der Waals surface area (Å²) in [5.74, 6) is -1.92. The first-order chi connectivity index (χ1) is 12.0. The molecule has 0 radical (unpaired) electrons. The van der Waals surface area contributed by atoms with Crippen molar-refractivity contribution in [2.24, 2.45) is 0 Å². The first kappa shape index (κ1) is 16.9. The standard InChI is InChI=1S/C19H13ClFNO3/c20-15-7-8-16(21)17(10-15)22-18(23)11-25-19(24)14-6-5-12-3-1-2-4-13(12)9-14/h1-10H,11H2,(H,22,23). The van der Waals surface area contributed by atoms with Crippen molar-refractivity contribution in [3.05, 3.63) is 77.1 Å². The van der Waals surface area contributed by atoms with Crippen LogP contribution >= 0.6 is 11.6 Å². The largest absolute Gasteiger partial charge is 0.452 e. The molecule has 0 aliphatic heterocycles. The fourth-order valence-corrected chi connectivity index (χ4v) is 2.48. The van der Waals surface area contributed by atoms with Crippen LogP contribution in [0, 0.1) is 5.82 Å². The fraction of sp³-hybridized carbons (Fsp3) is 0.0526. The summed E-state index contributed by atoms with van der Waals surface area (Å²) in [5.41, 5.74) is 0.264. The lowest BCUT2D eigenvalue weighted by molar-refractivity contribution is -0.119. The molecule has 1 amide bonds. The van der Waals surface area contributed by atoms with Crippen LogP contribution in [0.1, 0.15) is 10.4 Å². The number of nitrogens with one attached hydrogen (secondary N) is 1. The molecule has 0 saturated carbocycles. The molecule has 4 nitrogen and oxygen atoms in total. The number of anilines is 1. The first-order valence-electron chi connectivity index (χ1n) is 7.44. The molecular formula is C19H13ClFNO3. The van der Waals surface area contributed by atoms with Gasteiger partial charge in [0.25, 0.3) is 5.91 Å². The van der Waals surface area contributed by atoms with E-state index in [1.165, 1.54) is 12.1 Å². The van der Waals surface area contributed by atoms with Crippen molar-refractivity contribution in [2.45, 2.75) is 0 Å². The second kappa shape index (κ2) is 7.32. The monoisotopic (exact) mass is 357 g/mol. The van der Waals surface area contributed by atoms with Crippen LogP contribution in [0.3, 0.4) is 0 Å². The Labute approximate surface area is 148 Å². The second-order valence-electron chi connectivity index (χ2n) is 5.31. The number of rotatable bonds is 4. The van der Waals surface area contributed by atoms with E-state index < -0.39 is 24.3 Å². The minimum Gasteiger partial charge on any atom is -0.452 e. The van der Waals surface area contributed by atoms with Gasteiger partial charge in [-0.1, -0.05) is 41.9 Å². The van der Waals surface area contributed by atoms with Gasteiger partial charge in [0, 0.05) is 5.02 Å². The molecule has 0 aliphatic carbocycles. The zero-order valence-electron chi connectivity index (χ0n) is 13.0. The summed E-state index contributed by atoms with van der Waals surface area (Å²) in [6, 6.07) is 16.5. The summed E-state index contributed by atoms with van der Waals surface area (Å²) in [6.45, 7) is -0.530. The van der Waals surface area contributed by atoms with E-state index in [1.807, 2.05) is 24.3 Å². The normalized spacial score (nSPS) is 10.5. The molecular weight excluding hydrogens is 345 g/mol. The van der Waals surface area contributed by atoms with Gasteiger partial charge in [-0.05, 0) is 41.1 Å². The topological polar surface area (TPSA) is 55.4 Å². The maximum atomic E-state index is 13.6. The lowest BCUT2D eigenvalue weighted by Crippen LogP contribution is -2.21. The van der Waals surface area contributed by atoms with Crippen LogP contribution in [0.4, 0.5) is 10.1 Å². The molecule has 0 spiro atoms. The van der Waals surface area contributed by atoms with Gasteiger partial charge in [-0.2, -0.15) is 0 Å². The summed E-state index contributed by atoms with van der Waals surface area (Å²) in [4.78, 5) is 23.9. The van der Waals surface area contributed by atoms with E-state index in [9.17, 15) is 14.0 Å². The average Bonchev–Trinajstić information content (AvgIpc) is 2.62. The van der Waals surface area contributed by atoms with E-state index in [1.54, 1.807) is 18.2 Å². The highest BCUT2D eigenvalue weighted by molar-refractivity contribution is 6.30. The van der Waals surface area contributed by atoms with E-state index in [0.717, 1.165) is 16.8 Å². The van der Waals surface area contributed by atoms with Crippen molar-refractivity contribution >= 4 is 39.9 Å². The van der Waals surface area contributed by atoms with Crippen molar-refractivity contribution in [3.8, 4) is 0 Å². The quantitative estimate of drug-likeness (QED) is 0.703. The number of halogens is 2. The molecule has 1 N–H and O–H groups in total. The molecule has 0 saturated heterocycles. The zero-order chi connectivity index (χ0) is 17.8.